The fraction of sp³-hybridized carbons (Fsp3) is 0.750. The van der Waals surface area contributed by atoms with Crippen molar-refractivity contribution in [3.05, 3.63) is 18.0 Å². The molecule has 0 radical (unpaired) electrons. The van der Waals surface area contributed by atoms with Gasteiger partial charge in [0.05, 0.1) is 0 Å². The van der Waals surface area contributed by atoms with Crippen molar-refractivity contribution in [3.8, 4) is 0 Å². The predicted molar refractivity (Wildman–Crippen MR) is 59.8 cm³/mol. The number of nitrogens with one attached hydrogen (secondary N) is 1. The summed E-state index contributed by atoms with van der Waals surface area (Å²) in [6, 6.07) is 3.04. The first-order valence-electron chi connectivity index (χ1n) is 6.13. The molecule has 1 aromatic rings. The summed E-state index contributed by atoms with van der Waals surface area (Å²) in [6.45, 7) is 4.38. The Balaban J connectivity index is 1.56. The van der Waals surface area contributed by atoms with Crippen molar-refractivity contribution >= 4 is 0 Å². The first-order chi connectivity index (χ1) is 7.38. The van der Waals surface area contributed by atoms with Crippen molar-refractivity contribution < 1.29 is 0 Å². The van der Waals surface area contributed by atoms with Gasteiger partial charge in [-0.1, -0.05) is 0 Å². The second-order valence-corrected chi connectivity index (χ2v) is 4.86. The van der Waals surface area contributed by atoms with E-state index in [1.54, 1.807) is 0 Å². The van der Waals surface area contributed by atoms with Crippen LogP contribution < -0.4 is 5.32 Å². The van der Waals surface area contributed by atoms with Crippen molar-refractivity contribution in [2.24, 2.45) is 5.92 Å². The van der Waals surface area contributed by atoms with Gasteiger partial charge < -0.3 is 5.32 Å². The third-order valence-electron chi connectivity index (χ3n) is 3.60. The summed E-state index contributed by atoms with van der Waals surface area (Å²) in [6.07, 6.45) is 6.07. The third kappa shape index (κ3) is 1.93. The van der Waals surface area contributed by atoms with E-state index in [4.69, 9.17) is 0 Å². The number of rotatable bonds is 5. The van der Waals surface area contributed by atoms with Gasteiger partial charge in [0.15, 0.2) is 0 Å². The zero-order valence-electron chi connectivity index (χ0n) is 9.32. The summed E-state index contributed by atoms with van der Waals surface area (Å²) in [5.74, 6) is 1.64. The zero-order chi connectivity index (χ0) is 10.3. The summed E-state index contributed by atoms with van der Waals surface area (Å²) in [5, 5.41) is 7.95. The standard InChI is InChI=1S/C12H19N3/c1-2-15-12(5-6-14-15)11-7-9(11)8-13-10-3-4-10/h5-6,9-11,13H,2-4,7-8H2,1H3. The van der Waals surface area contributed by atoms with Crippen LogP contribution >= 0.6 is 0 Å². The minimum Gasteiger partial charge on any atom is -0.314 e. The van der Waals surface area contributed by atoms with Crippen LogP contribution in [0.15, 0.2) is 12.3 Å². The summed E-state index contributed by atoms with van der Waals surface area (Å²) in [4.78, 5) is 0. The normalized spacial score (nSPS) is 29.4. The fourth-order valence-electron chi connectivity index (χ4n) is 2.36. The number of hydrogen-bond acceptors (Lipinski definition) is 2. The maximum atomic E-state index is 4.33. The van der Waals surface area contributed by atoms with Gasteiger partial charge in [0, 0.05) is 30.4 Å². The molecule has 1 aromatic heterocycles. The highest BCUT2D eigenvalue weighted by Gasteiger charge is 2.40. The first-order valence-corrected chi connectivity index (χ1v) is 6.13. The lowest BCUT2D eigenvalue weighted by Crippen LogP contribution is -2.19. The molecule has 3 nitrogen and oxygen atoms in total. The molecule has 2 unspecified atom stereocenters. The molecule has 0 aliphatic heterocycles. The van der Waals surface area contributed by atoms with E-state index in [1.165, 1.54) is 31.5 Å². The lowest BCUT2D eigenvalue weighted by molar-refractivity contribution is 0.588. The van der Waals surface area contributed by atoms with Gasteiger partial charge in [-0.3, -0.25) is 4.68 Å². The minimum atomic E-state index is 0.777. The van der Waals surface area contributed by atoms with Gasteiger partial charge in [0.2, 0.25) is 0 Å². The lowest BCUT2D eigenvalue weighted by Gasteiger charge is -2.04. The second kappa shape index (κ2) is 3.63. The highest BCUT2D eigenvalue weighted by molar-refractivity contribution is 5.18. The van der Waals surface area contributed by atoms with Crippen molar-refractivity contribution in [2.75, 3.05) is 6.54 Å². The zero-order valence-corrected chi connectivity index (χ0v) is 9.32. The summed E-state index contributed by atoms with van der Waals surface area (Å²) in [5.41, 5.74) is 1.44. The summed E-state index contributed by atoms with van der Waals surface area (Å²) >= 11 is 0. The van der Waals surface area contributed by atoms with Crippen LogP contribution in [0.25, 0.3) is 0 Å². The SMILES string of the molecule is CCn1nccc1C1CC1CNC1CC1. The molecular weight excluding hydrogens is 186 g/mol. The van der Waals surface area contributed by atoms with Gasteiger partial charge in [0.1, 0.15) is 0 Å². The monoisotopic (exact) mass is 205 g/mol. The third-order valence-corrected chi connectivity index (χ3v) is 3.60. The van der Waals surface area contributed by atoms with Crippen molar-refractivity contribution in [2.45, 2.75) is 44.7 Å². The lowest BCUT2D eigenvalue weighted by atomic mass is 10.2. The highest BCUT2D eigenvalue weighted by Crippen LogP contribution is 2.47. The van der Waals surface area contributed by atoms with E-state index < -0.39 is 0 Å². The molecule has 0 saturated heterocycles. The Hall–Kier alpha value is -0.830. The molecule has 2 aliphatic carbocycles. The van der Waals surface area contributed by atoms with Crippen LogP contribution in [0.5, 0.6) is 0 Å². The quantitative estimate of drug-likeness (QED) is 0.793. The Labute approximate surface area is 90.9 Å². The minimum absolute atomic E-state index is 0.777. The number of aryl methyl sites for hydroxylation is 1. The van der Waals surface area contributed by atoms with Gasteiger partial charge in [-0.15, -0.1) is 0 Å². The van der Waals surface area contributed by atoms with Crippen LogP contribution in [0.3, 0.4) is 0 Å². The largest absolute Gasteiger partial charge is 0.314 e. The Kier molecular flexibility index (Phi) is 2.28. The molecule has 0 aromatic carbocycles. The van der Waals surface area contributed by atoms with E-state index >= 15 is 0 Å². The average Bonchev–Trinajstić information content (AvgIpc) is 3.15. The molecule has 1 N–H and O–H groups in total. The Bertz CT molecular complexity index is 340. The van der Waals surface area contributed by atoms with Crippen molar-refractivity contribution in [1.82, 2.24) is 15.1 Å². The average molecular weight is 205 g/mol. The van der Waals surface area contributed by atoms with Gasteiger partial charge >= 0.3 is 0 Å². The van der Waals surface area contributed by atoms with Crippen LogP contribution in [0.2, 0.25) is 0 Å². The maximum Gasteiger partial charge on any atom is 0.0492 e. The molecule has 0 spiro atoms. The molecule has 82 valence electrons. The molecule has 2 aliphatic rings. The van der Waals surface area contributed by atoms with E-state index in [1.807, 2.05) is 6.20 Å². The Morgan fingerprint density at radius 3 is 3.13 bits per heavy atom. The first kappa shape index (κ1) is 9.40. The second-order valence-electron chi connectivity index (χ2n) is 4.86. The van der Waals surface area contributed by atoms with Gasteiger partial charge in [-0.05, 0) is 44.7 Å². The number of hydrogen-bond donors (Lipinski definition) is 1. The maximum absolute atomic E-state index is 4.33. The van der Waals surface area contributed by atoms with Crippen molar-refractivity contribution in [3.63, 3.8) is 0 Å². The van der Waals surface area contributed by atoms with E-state index in [-0.39, 0.29) is 0 Å². The van der Waals surface area contributed by atoms with Crippen LogP contribution in [0.1, 0.15) is 37.8 Å². The van der Waals surface area contributed by atoms with E-state index in [2.05, 4.69) is 28.1 Å². The van der Waals surface area contributed by atoms with Crippen LogP contribution in [0.4, 0.5) is 0 Å². The molecule has 15 heavy (non-hydrogen) atoms. The smallest absolute Gasteiger partial charge is 0.0492 e. The highest BCUT2D eigenvalue weighted by atomic mass is 15.3. The number of aromatic nitrogens is 2. The van der Waals surface area contributed by atoms with Crippen LogP contribution in [-0.4, -0.2) is 22.4 Å². The van der Waals surface area contributed by atoms with E-state index in [9.17, 15) is 0 Å². The number of nitrogens with zero attached hydrogens (tertiary/aromatic N) is 2. The van der Waals surface area contributed by atoms with Gasteiger partial charge in [-0.25, -0.2) is 0 Å². The Morgan fingerprint density at radius 2 is 2.40 bits per heavy atom. The topological polar surface area (TPSA) is 29.9 Å². The van der Waals surface area contributed by atoms with Crippen LogP contribution in [0, 0.1) is 5.92 Å². The molecular formula is C12H19N3. The predicted octanol–water partition coefficient (Wildman–Crippen LogP) is 1.76. The van der Waals surface area contributed by atoms with E-state index in [0.717, 1.165) is 24.4 Å². The molecule has 2 atom stereocenters. The van der Waals surface area contributed by atoms with E-state index in [0.29, 0.717) is 0 Å². The molecule has 2 fully saturated rings. The summed E-state index contributed by atoms with van der Waals surface area (Å²) < 4.78 is 2.14. The molecule has 1 heterocycles. The molecule has 0 amide bonds. The Morgan fingerprint density at radius 1 is 1.53 bits per heavy atom. The molecule has 3 rings (SSSR count). The molecule has 3 heteroatoms. The van der Waals surface area contributed by atoms with Gasteiger partial charge in [-0.2, -0.15) is 5.10 Å². The molecule has 0 bridgehead atoms. The fourth-order valence-corrected chi connectivity index (χ4v) is 2.36. The van der Waals surface area contributed by atoms with Crippen LogP contribution in [-0.2, 0) is 6.54 Å². The molecule has 2 saturated carbocycles. The summed E-state index contributed by atoms with van der Waals surface area (Å²) in [7, 11) is 0. The van der Waals surface area contributed by atoms with Gasteiger partial charge in [0.25, 0.3) is 0 Å². The van der Waals surface area contributed by atoms with Crippen molar-refractivity contribution in [1.29, 1.82) is 0 Å².